The molecule has 140 valence electrons. The molecule has 1 aromatic carbocycles. The molecule has 2 aromatic rings. The molecule has 0 bridgehead atoms. The fraction of sp³-hybridized carbons (Fsp3) is 0.474. The van der Waals surface area contributed by atoms with Crippen LogP contribution in [0.25, 0.3) is 5.69 Å². The molecule has 1 aliphatic rings. The highest BCUT2D eigenvalue weighted by Crippen LogP contribution is 2.31. The van der Waals surface area contributed by atoms with Crippen LogP contribution in [0.4, 0.5) is 0 Å². The van der Waals surface area contributed by atoms with Gasteiger partial charge >= 0.3 is 0 Å². The molecule has 1 fully saturated rings. The maximum absolute atomic E-state index is 9.33. The lowest BCUT2D eigenvalue weighted by molar-refractivity contribution is 0.127. The van der Waals surface area contributed by atoms with Crippen LogP contribution in [0.5, 0.6) is 0 Å². The molecule has 2 heterocycles. The minimum absolute atomic E-state index is 0.00756. The Balaban J connectivity index is 1.55. The first-order chi connectivity index (χ1) is 12.7. The molecule has 0 spiro atoms. The highest BCUT2D eigenvalue weighted by atomic mass is 16.5. The molecule has 3 N–H and O–H groups in total. The summed E-state index contributed by atoms with van der Waals surface area (Å²) in [5, 5.41) is 20.3. The van der Waals surface area contributed by atoms with Crippen LogP contribution >= 0.6 is 0 Å². The summed E-state index contributed by atoms with van der Waals surface area (Å²) in [5.41, 5.74) is 2.17. The van der Waals surface area contributed by atoms with Crippen molar-refractivity contribution in [2.75, 3.05) is 33.4 Å². The van der Waals surface area contributed by atoms with Crippen molar-refractivity contribution in [3.63, 3.8) is 0 Å². The smallest absolute Gasteiger partial charge is 0.191 e. The monoisotopic (exact) mass is 357 g/mol. The Morgan fingerprint density at radius 1 is 1.38 bits per heavy atom. The molecule has 1 aliphatic heterocycles. The van der Waals surface area contributed by atoms with E-state index in [0.29, 0.717) is 13.2 Å². The number of aliphatic hydroxyl groups is 1. The topological polar surface area (TPSA) is 83.7 Å². The first-order valence-electron chi connectivity index (χ1n) is 8.97. The normalized spacial score (nSPS) is 20.3. The van der Waals surface area contributed by atoms with Crippen molar-refractivity contribution in [3.8, 4) is 5.69 Å². The zero-order valence-electron chi connectivity index (χ0n) is 15.2. The van der Waals surface area contributed by atoms with E-state index >= 15 is 0 Å². The van der Waals surface area contributed by atoms with Gasteiger partial charge in [-0.2, -0.15) is 5.10 Å². The number of aliphatic hydroxyl groups excluding tert-OH is 1. The van der Waals surface area contributed by atoms with Gasteiger partial charge in [-0.15, -0.1) is 0 Å². The number of nitrogens with zero attached hydrogens (tertiary/aromatic N) is 3. The Labute approximate surface area is 154 Å². The third-order valence-corrected chi connectivity index (χ3v) is 4.82. The Hall–Kier alpha value is -2.38. The van der Waals surface area contributed by atoms with Crippen LogP contribution in [-0.2, 0) is 11.3 Å². The van der Waals surface area contributed by atoms with E-state index < -0.39 is 0 Å². The molecule has 1 unspecified atom stereocenters. The fourth-order valence-corrected chi connectivity index (χ4v) is 3.22. The molecule has 0 aliphatic carbocycles. The van der Waals surface area contributed by atoms with Gasteiger partial charge in [-0.3, -0.25) is 4.99 Å². The van der Waals surface area contributed by atoms with E-state index in [1.165, 1.54) is 0 Å². The number of aliphatic imine (C=N–C) groups is 1. The maximum Gasteiger partial charge on any atom is 0.191 e. The lowest BCUT2D eigenvalue weighted by Gasteiger charge is -2.27. The van der Waals surface area contributed by atoms with Crippen molar-refractivity contribution < 1.29 is 9.84 Å². The van der Waals surface area contributed by atoms with Crippen LogP contribution in [0.3, 0.4) is 0 Å². The molecule has 0 saturated carbocycles. The van der Waals surface area contributed by atoms with Crippen molar-refractivity contribution in [3.05, 3.63) is 48.3 Å². The number of benzene rings is 1. The van der Waals surface area contributed by atoms with Gasteiger partial charge < -0.3 is 20.5 Å². The minimum Gasteiger partial charge on any atom is -0.396 e. The fourth-order valence-electron chi connectivity index (χ4n) is 3.22. The highest BCUT2D eigenvalue weighted by Gasteiger charge is 2.34. The van der Waals surface area contributed by atoms with E-state index in [-0.39, 0.29) is 12.0 Å². The average molecular weight is 357 g/mol. The second-order valence-corrected chi connectivity index (χ2v) is 6.68. The van der Waals surface area contributed by atoms with Crippen molar-refractivity contribution in [1.82, 2.24) is 20.4 Å². The summed E-state index contributed by atoms with van der Waals surface area (Å²) in [6.45, 7) is 3.02. The van der Waals surface area contributed by atoms with E-state index in [2.05, 4.69) is 32.9 Å². The largest absolute Gasteiger partial charge is 0.396 e. The SMILES string of the molecule is CN=C(NCc1cccc(-n2cccn2)c1)NCC1(CCO)CCOC1. The van der Waals surface area contributed by atoms with Gasteiger partial charge in [-0.1, -0.05) is 12.1 Å². The van der Waals surface area contributed by atoms with Gasteiger partial charge in [0.1, 0.15) is 0 Å². The van der Waals surface area contributed by atoms with Crippen LogP contribution in [0.1, 0.15) is 18.4 Å². The molecular weight excluding hydrogens is 330 g/mol. The number of nitrogens with one attached hydrogen (secondary N) is 2. The minimum atomic E-state index is -0.00756. The van der Waals surface area contributed by atoms with Gasteiger partial charge in [-0.25, -0.2) is 4.68 Å². The third-order valence-electron chi connectivity index (χ3n) is 4.82. The average Bonchev–Trinajstić information content (AvgIpc) is 3.35. The number of guanidine groups is 1. The maximum atomic E-state index is 9.33. The van der Waals surface area contributed by atoms with Crippen LogP contribution in [-0.4, -0.2) is 54.3 Å². The molecule has 26 heavy (non-hydrogen) atoms. The Bertz CT molecular complexity index is 708. The van der Waals surface area contributed by atoms with E-state index in [9.17, 15) is 5.11 Å². The lowest BCUT2D eigenvalue weighted by atomic mass is 9.84. The molecule has 0 radical (unpaired) electrons. The van der Waals surface area contributed by atoms with Crippen molar-refractivity contribution in [2.24, 2.45) is 10.4 Å². The van der Waals surface area contributed by atoms with Gasteiger partial charge in [0.15, 0.2) is 5.96 Å². The number of hydrogen-bond acceptors (Lipinski definition) is 4. The molecule has 0 amide bonds. The standard InChI is InChI=1S/C19H27N5O2/c1-20-18(22-14-19(6-10-25)7-11-26-15-19)21-13-16-4-2-5-17(12-16)24-9-3-8-23-24/h2-5,8-9,12,25H,6-7,10-11,13-15H2,1H3,(H2,20,21,22). The van der Waals surface area contributed by atoms with E-state index in [1.54, 1.807) is 13.2 Å². The van der Waals surface area contributed by atoms with Crippen LogP contribution in [0.2, 0.25) is 0 Å². The highest BCUT2D eigenvalue weighted by molar-refractivity contribution is 5.79. The Morgan fingerprint density at radius 3 is 3.00 bits per heavy atom. The molecule has 3 rings (SSSR count). The molecule has 7 heteroatoms. The summed E-state index contributed by atoms with van der Waals surface area (Å²) in [7, 11) is 1.76. The van der Waals surface area contributed by atoms with Crippen LogP contribution in [0, 0.1) is 5.41 Å². The first kappa shape index (κ1) is 18.4. The predicted octanol–water partition coefficient (Wildman–Crippen LogP) is 1.33. The second-order valence-electron chi connectivity index (χ2n) is 6.68. The van der Waals surface area contributed by atoms with Gasteiger partial charge in [-0.05, 0) is 36.6 Å². The van der Waals surface area contributed by atoms with Gasteiger partial charge in [0.05, 0.1) is 12.3 Å². The number of ether oxygens (including phenoxy) is 1. The summed E-state index contributed by atoms with van der Waals surface area (Å²) in [5.74, 6) is 0.749. The Kier molecular flexibility index (Phi) is 6.25. The first-order valence-corrected chi connectivity index (χ1v) is 8.97. The number of rotatable bonds is 7. The molecular formula is C19H27N5O2. The van der Waals surface area contributed by atoms with Gasteiger partial charge in [0, 0.05) is 51.2 Å². The second kappa shape index (κ2) is 8.82. The van der Waals surface area contributed by atoms with Gasteiger partial charge in [0.25, 0.3) is 0 Å². The summed E-state index contributed by atoms with van der Waals surface area (Å²) < 4.78 is 7.38. The Morgan fingerprint density at radius 2 is 2.31 bits per heavy atom. The number of hydrogen-bond donors (Lipinski definition) is 3. The quantitative estimate of drug-likeness (QED) is 0.514. The van der Waals surface area contributed by atoms with E-state index in [0.717, 1.165) is 43.2 Å². The van der Waals surface area contributed by atoms with Crippen molar-refractivity contribution in [1.29, 1.82) is 0 Å². The molecule has 7 nitrogen and oxygen atoms in total. The zero-order chi connectivity index (χ0) is 18.2. The summed E-state index contributed by atoms with van der Waals surface area (Å²) in [6.07, 6.45) is 5.40. The third kappa shape index (κ3) is 4.62. The zero-order valence-corrected chi connectivity index (χ0v) is 15.2. The molecule has 1 saturated heterocycles. The van der Waals surface area contributed by atoms with Crippen molar-refractivity contribution in [2.45, 2.75) is 19.4 Å². The predicted molar refractivity (Wildman–Crippen MR) is 101 cm³/mol. The molecule has 1 aromatic heterocycles. The summed E-state index contributed by atoms with van der Waals surface area (Å²) in [4.78, 5) is 4.30. The summed E-state index contributed by atoms with van der Waals surface area (Å²) in [6, 6.07) is 10.1. The van der Waals surface area contributed by atoms with E-state index in [1.807, 2.05) is 29.1 Å². The van der Waals surface area contributed by atoms with Crippen LogP contribution in [0.15, 0.2) is 47.7 Å². The molecule has 1 atom stereocenters. The van der Waals surface area contributed by atoms with Crippen LogP contribution < -0.4 is 10.6 Å². The van der Waals surface area contributed by atoms with E-state index in [4.69, 9.17) is 4.74 Å². The number of aromatic nitrogens is 2. The van der Waals surface area contributed by atoms with Crippen molar-refractivity contribution >= 4 is 5.96 Å². The van der Waals surface area contributed by atoms with Gasteiger partial charge in [0.2, 0.25) is 0 Å². The summed E-state index contributed by atoms with van der Waals surface area (Å²) >= 11 is 0. The lowest BCUT2D eigenvalue weighted by Crippen LogP contribution is -2.44.